The molecule has 0 heterocycles. The molecule has 1 N–H and O–H groups in total. The molecule has 0 unspecified atom stereocenters. The minimum absolute atomic E-state index is 0.129. The molecule has 24 heavy (non-hydrogen) atoms. The van der Waals surface area contributed by atoms with Gasteiger partial charge in [0.05, 0.1) is 16.7 Å². The molecule has 0 spiro atoms. The first-order chi connectivity index (χ1) is 11.5. The summed E-state index contributed by atoms with van der Waals surface area (Å²) in [6, 6.07) is 12.8. The second-order valence-corrected chi connectivity index (χ2v) is 4.34. The van der Waals surface area contributed by atoms with Crippen LogP contribution in [0, 0.1) is 0 Å². The van der Waals surface area contributed by atoms with Crippen LogP contribution in [-0.2, 0) is 14.5 Å². The number of esters is 1. The minimum Gasteiger partial charge on any atom is -0.449 e. The Kier molecular flexibility index (Phi) is 5.24. The summed E-state index contributed by atoms with van der Waals surface area (Å²) in [5, 5.41) is 8.39. The van der Waals surface area contributed by atoms with Crippen molar-refractivity contribution in [2.75, 3.05) is 0 Å². The molecule has 0 aromatic heterocycles. The number of benzene rings is 2. The summed E-state index contributed by atoms with van der Waals surface area (Å²) < 4.78 is 3.97. The third-order valence-corrected chi connectivity index (χ3v) is 2.72. The average Bonchev–Trinajstić information content (AvgIpc) is 2.59. The van der Waals surface area contributed by atoms with E-state index < -0.39 is 24.1 Å². The second kappa shape index (κ2) is 7.54. The Bertz CT molecular complexity index is 782. The predicted molar refractivity (Wildman–Crippen MR) is 77.2 cm³/mol. The van der Waals surface area contributed by atoms with Gasteiger partial charge in [-0.3, -0.25) is 0 Å². The second-order valence-electron chi connectivity index (χ2n) is 4.34. The topological polar surface area (TPSA) is 116 Å². The number of carbonyl (C=O) groups excluding carboxylic acids is 3. The summed E-state index contributed by atoms with van der Waals surface area (Å²) in [4.78, 5) is 54.0. The highest BCUT2D eigenvalue weighted by Crippen LogP contribution is 2.10. The highest BCUT2D eigenvalue weighted by molar-refractivity contribution is 5.98. The quantitative estimate of drug-likeness (QED) is 0.395. The number of carbonyl (C=O) groups is 4. The van der Waals surface area contributed by atoms with E-state index in [-0.39, 0.29) is 16.7 Å². The molecule has 8 heteroatoms. The van der Waals surface area contributed by atoms with E-state index in [0.29, 0.717) is 0 Å². The molecule has 122 valence electrons. The van der Waals surface area contributed by atoms with Gasteiger partial charge >= 0.3 is 24.1 Å². The van der Waals surface area contributed by atoms with Gasteiger partial charge < -0.3 is 9.84 Å². The lowest BCUT2D eigenvalue weighted by molar-refractivity contribution is -0.187. The molecule has 0 radical (unpaired) electrons. The Morgan fingerprint density at radius 3 is 1.75 bits per heavy atom. The zero-order valence-corrected chi connectivity index (χ0v) is 12.0. The number of rotatable bonds is 3. The lowest BCUT2D eigenvalue weighted by Gasteiger charge is -2.04. The molecule has 0 saturated carbocycles. The number of hydrogen-bond donors (Lipinski definition) is 1. The van der Waals surface area contributed by atoms with Crippen LogP contribution in [0.25, 0.3) is 0 Å². The van der Waals surface area contributed by atoms with Crippen LogP contribution in [0.1, 0.15) is 31.1 Å². The Labute approximate surface area is 135 Å². The maximum atomic E-state index is 11.8. The van der Waals surface area contributed by atoms with E-state index in [4.69, 9.17) is 5.11 Å². The maximum Gasteiger partial charge on any atom is 0.513 e. The van der Waals surface area contributed by atoms with Gasteiger partial charge in [0.15, 0.2) is 0 Å². The molecule has 0 aliphatic heterocycles. The van der Waals surface area contributed by atoms with Crippen LogP contribution < -0.4 is 0 Å². The average molecular weight is 330 g/mol. The molecule has 2 aromatic rings. The van der Waals surface area contributed by atoms with Crippen molar-refractivity contribution in [3.05, 3.63) is 71.3 Å². The zero-order chi connectivity index (χ0) is 17.5. The van der Waals surface area contributed by atoms with Crippen LogP contribution in [0.15, 0.2) is 54.6 Å². The van der Waals surface area contributed by atoms with E-state index in [0.717, 1.165) is 6.07 Å². The van der Waals surface area contributed by atoms with Crippen molar-refractivity contribution in [1.29, 1.82) is 0 Å². The van der Waals surface area contributed by atoms with Gasteiger partial charge in [0.25, 0.3) is 0 Å². The monoisotopic (exact) mass is 330 g/mol. The van der Waals surface area contributed by atoms with Crippen LogP contribution in [0.4, 0.5) is 4.79 Å². The number of hydrogen-bond acceptors (Lipinski definition) is 7. The van der Waals surface area contributed by atoms with Crippen molar-refractivity contribution >= 4 is 24.1 Å². The molecule has 2 aromatic carbocycles. The van der Waals surface area contributed by atoms with Gasteiger partial charge in [0, 0.05) is 0 Å². The predicted octanol–water partition coefficient (Wildman–Crippen LogP) is 2.45. The molecule has 0 bridgehead atoms. The van der Waals surface area contributed by atoms with E-state index in [2.05, 4.69) is 14.5 Å². The van der Waals surface area contributed by atoms with Crippen LogP contribution in [0.2, 0.25) is 0 Å². The molecule has 0 amide bonds. The molecular weight excluding hydrogens is 320 g/mol. The molecular formula is C16H10O8. The van der Waals surface area contributed by atoms with E-state index in [9.17, 15) is 19.2 Å². The van der Waals surface area contributed by atoms with E-state index in [1.807, 2.05) is 0 Å². The summed E-state index contributed by atoms with van der Waals surface area (Å²) in [5.41, 5.74) is -0.124. The molecule has 0 saturated heterocycles. The first kappa shape index (κ1) is 16.7. The van der Waals surface area contributed by atoms with Gasteiger partial charge in [0.2, 0.25) is 0 Å². The minimum atomic E-state index is -1.77. The van der Waals surface area contributed by atoms with Crippen LogP contribution in [0.5, 0.6) is 0 Å². The van der Waals surface area contributed by atoms with Crippen molar-refractivity contribution in [2.24, 2.45) is 0 Å². The fourth-order valence-corrected chi connectivity index (χ4v) is 1.66. The van der Waals surface area contributed by atoms with Crippen molar-refractivity contribution in [2.45, 2.75) is 0 Å². The number of carboxylic acid groups (broad SMARTS) is 1. The third-order valence-electron chi connectivity index (χ3n) is 2.72. The summed E-state index contributed by atoms with van der Waals surface area (Å²) >= 11 is 0. The first-order valence-corrected chi connectivity index (χ1v) is 6.51. The van der Waals surface area contributed by atoms with Crippen LogP contribution in [0.3, 0.4) is 0 Å². The largest absolute Gasteiger partial charge is 0.513 e. The van der Waals surface area contributed by atoms with Gasteiger partial charge in [-0.2, -0.15) is 0 Å². The van der Waals surface area contributed by atoms with E-state index in [1.54, 1.807) is 18.2 Å². The van der Waals surface area contributed by atoms with E-state index in [1.165, 1.54) is 30.3 Å². The SMILES string of the molecule is O=C(O)OC(=O)c1cccc(C(=O)OOC(=O)c2ccccc2)c1. The standard InChI is InChI=1S/C16H10O8/c17-13(22-16(20)21)11-7-4-8-12(9-11)15(19)24-23-14(18)10-5-2-1-3-6-10/h1-9H,(H,20,21). The lowest BCUT2D eigenvalue weighted by atomic mass is 10.1. The normalized spacial score (nSPS) is 9.67. The third kappa shape index (κ3) is 4.41. The summed E-state index contributed by atoms with van der Waals surface area (Å²) in [6.07, 6.45) is -1.77. The molecule has 0 fully saturated rings. The number of ether oxygens (including phenoxy) is 1. The van der Waals surface area contributed by atoms with Gasteiger partial charge in [-0.05, 0) is 30.3 Å². The molecule has 0 aliphatic carbocycles. The fraction of sp³-hybridized carbons (Fsp3) is 0. The van der Waals surface area contributed by atoms with Crippen molar-refractivity contribution in [3.8, 4) is 0 Å². The van der Waals surface area contributed by atoms with Crippen molar-refractivity contribution in [1.82, 2.24) is 0 Å². The van der Waals surface area contributed by atoms with Gasteiger partial charge in [-0.25, -0.2) is 29.0 Å². The highest BCUT2D eigenvalue weighted by atomic mass is 17.2. The summed E-state index contributed by atoms with van der Waals surface area (Å²) in [7, 11) is 0. The lowest BCUT2D eigenvalue weighted by Crippen LogP contribution is -2.13. The molecule has 0 aliphatic rings. The Morgan fingerprint density at radius 2 is 1.17 bits per heavy atom. The fourth-order valence-electron chi connectivity index (χ4n) is 1.66. The van der Waals surface area contributed by atoms with E-state index >= 15 is 0 Å². The zero-order valence-electron chi connectivity index (χ0n) is 12.0. The summed E-state index contributed by atoms with van der Waals surface area (Å²) in [5.74, 6) is -3.06. The van der Waals surface area contributed by atoms with Gasteiger partial charge in [-0.15, -0.1) is 0 Å². The Hall–Kier alpha value is -3.68. The van der Waals surface area contributed by atoms with Crippen LogP contribution in [-0.4, -0.2) is 29.2 Å². The van der Waals surface area contributed by atoms with Crippen molar-refractivity contribution in [3.63, 3.8) is 0 Å². The Morgan fingerprint density at radius 1 is 0.667 bits per heavy atom. The van der Waals surface area contributed by atoms with Crippen LogP contribution >= 0.6 is 0 Å². The smallest absolute Gasteiger partial charge is 0.449 e. The van der Waals surface area contributed by atoms with Gasteiger partial charge in [0.1, 0.15) is 0 Å². The first-order valence-electron chi connectivity index (χ1n) is 6.51. The molecule has 0 atom stereocenters. The molecule has 8 nitrogen and oxygen atoms in total. The molecule has 2 rings (SSSR count). The summed E-state index contributed by atoms with van der Waals surface area (Å²) in [6.45, 7) is 0. The maximum absolute atomic E-state index is 11.8. The van der Waals surface area contributed by atoms with Gasteiger partial charge in [-0.1, -0.05) is 24.3 Å². The highest BCUT2D eigenvalue weighted by Gasteiger charge is 2.17. The Balaban J connectivity index is 2.01. The van der Waals surface area contributed by atoms with Crippen molar-refractivity contribution < 1.29 is 38.8 Å².